The van der Waals surface area contributed by atoms with Crippen LogP contribution in [-0.2, 0) is 0 Å². The summed E-state index contributed by atoms with van der Waals surface area (Å²) >= 11 is 0. The molecule has 3 heteroatoms. The number of hydrogen-bond acceptors (Lipinski definition) is 2. The Balaban J connectivity index is 1.91. The second-order valence-corrected chi connectivity index (χ2v) is 8.70. The van der Waals surface area contributed by atoms with Crippen LogP contribution in [0.25, 0.3) is 0 Å². The minimum Gasteiger partial charge on any atom is -0.391 e. The van der Waals surface area contributed by atoms with Gasteiger partial charge in [0.15, 0.2) is 6.17 Å². The highest BCUT2D eigenvalue weighted by atomic mass is 16.3. The molecule has 0 aromatic carbocycles. The third-order valence-corrected chi connectivity index (χ3v) is 6.50. The Morgan fingerprint density at radius 2 is 1.43 bits per heavy atom. The van der Waals surface area contributed by atoms with E-state index >= 15 is 0 Å². The third-order valence-electron chi connectivity index (χ3n) is 6.50. The number of aliphatic imine (C=N–C) groups is 1. The van der Waals surface area contributed by atoms with Gasteiger partial charge >= 0.3 is 0 Å². The Morgan fingerprint density at radius 3 is 2.00 bits per heavy atom. The van der Waals surface area contributed by atoms with E-state index in [-0.39, 0.29) is 6.61 Å². The molecule has 1 heterocycles. The number of nitrogens with zero attached hydrogens (tertiary/aromatic N) is 2. The SMILES string of the molecule is CCCCCCCCCCCCC/C=C/CCCC1N=CC[N+]1(CC)CCO. The fraction of sp³-hybridized carbons (Fsp3) is 0.880. The van der Waals surface area contributed by atoms with Crippen molar-refractivity contribution < 1.29 is 9.59 Å². The lowest BCUT2D eigenvalue weighted by Crippen LogP contribution is -2.53. The van der Waals surface area contributed by atoms with Gasteiger partial charge in [-0.3, -0.25) is 4.48 Å². The number of quaternary nitrogens is 1. The average Bonchev–Trinajstić information content (AvgIpc) is 3.11. The molecule has 1 aliphatic rings. The van der Waals surface area contributed by atoms with Gasteiger partial charge in [0.05, 0.1) is 19.4 Å². The highest BCUT2D eigenvalue weighted by Crippen LogP contribution is 2.23. The van der Waals surface area contributed by atoms with Crippen LogP contribution in [0.4, 0.5) is 0 Å². The number of likely N-dealkylation sites (N-methyl/N-ethyl adjacent to an activating group) is 1. The van der Waals surface area contributed by atoms with Gasteiger partial charge in [0.25, 0.3) is 0 Å². The molecule has 0 amide bonds. The molecule has 2 unspecified atom stereocenters. The lowest BCUT2D eigenvalue weighted by Gasteiger charge is -2.37. The molecule has 0 aromatic rings. The van der Waals surface area contributed by atoms with E-state index < -0.39 is 0 Å². The summed E-state index contributed by atoms with van der Waals surface area (Å²) in [5.74, 6) is 0. The van der Waals surface area contributed by atoms with Crippen molar-refractivity contribution in [3.63, 3.8) is 0 Å². The highest BCUT2D eigenvalue weighted by molar-refractivity contribution is 5.60. The van der Waals surface area contributed by atoms with E-state index in [1.165, 1.54) is 89.9 Å². The molecular weight excluding hydrogens is 344 g/mol. The number of aliphatic hydroxyl groups excluding tert-OH is 1. The van der Waals surface area contributed by atoms with E-state index in [0.29, 0.717) is 6.17 Å². The smallest absolute Gasteiger partial charge is 0.182 e. The van der Waals surface area contributed by atoms with Gasteiger partial charge in [0.2, 0.25) is 0 Å². The summed E-state index contributed by atoms with van der Waals surface area (Å²) in [4.78, 5) is 4.70. The molecule has 0 spiro atoms. The largest absolute Gasteiger partial charge is 0.391 e. The Bertz CT molecular complexity index is 407. The molecule has 164 valence electrons. The predicted molar refractivity (Wildman–Crippen MR) is 124 cm³/mol. The molecule has 0 saturated heterocycles. The molecule has 0 bridgehead atoms. The van der Waals surface area contributed by atoms with Crippen molar-refractivity contribution in [1.82, 2.24) is 0 Å². The second-order valence-electron chi connectivity index (χ2n) is 8.70. The van der Waals surface area contributed by atoms with Crippen molar-refractivity contribution >= 4 is 6.21 Å². The molecule has 3 nitrogen and oxygen atoms in total. The maximum Gasteiger partial charge on any atom is 0.182 e. The summed E-state index contributed by atoms with van der Waals surface area (Å²) in [5.41, 5.74) is 0. The first-order valence-corrected chi connectivity index (χ1v) is 12.4. The van der Waals surface area contributed by atoms with Crippen molar-refractivity contribution in [2.45, 2.75) is 116 Å². The van der Waals surface area contributed by atoms with Gasteiger partial charge in [-0.25, -0.2) is 4.99 Å². The summed E-state index contributed by atoms with van der Waals surface area (Å²) in [6.07, 6.45) is 27.6. The minimum atomic E-state index is 0.270. The van der Waals surface area contributed by atoms with Crippen molar-refractivity contribution in [2.24, 2.45) is 4.99 Å². The fourth-order valence-electron chi connectivity index (χ4n) is 4.46. The lowest BCUT2D eigenvalue weighted by atomic mass is 10.1. The van der Waals surface area contributed by atoms with Gasteiger partial charge in [-0.2, -0.15) is 0 Å². The van der Waals surface area contributed by atoms with E-state index in [0.717, 1.165) is 30.5 Å². The van der Waals surface area contributed by atoms with Crippen LogP contribution in [0.3, 0.4) is 0 Å². The number of allylic oxidation sites excluding steroid dienone is 2. The first-order valence-electron chi connectivity index (χ1n) is 12.4. The molecular formula is C25H49N2O+. The van der Waals surface area contributed by atoms with E-state index in [1.807, 2.05) is 0 Å². The second kappa shape index (κ2) is 17.2. The zero-order valence-electron chi connectivity index (χ0n) is 19.1. The topological polar surface area (TPSA) is 32.6 Å². The van der Waals surface area contributed by atoms with Crippen LogP contribution in [0.2, 0.25) is 0 Å². The number of hydrogen-bond donors (Lipinski definition) is 1. The van der Waals surface area contributed by atoms with Crippen molar-refractivity contribution in [3.8, 4) is 0 Å². The van der Waals surface area contributed by atoms with Gasteiger partial charge in [0.1, 0.15) is 13.1 Å². The van der Waals surface area contributed by atoms with Gasteiger partial charge in [-0.1, -0.05) is 83.3 Å². The van der Waals surface area contributed by atoms with Crippen LogP contribution in [0.1, 0.15) is 110 Å². The maximum atomic E-state index is 9.37. The highest BCUT2D eigenvalue weighted by Gasteiger charge is 2.36. The third kappa shape index (κ3) is 10.8. The lowest BCUT2D eigenvalue weighted by molar-refractivity contribution is -0.936. The molecule has 0 aromatic heterocycles. The number of rotatable bonds is 19. The molecule has 1 N–H and O–H groups in total. The zero-order chi connectivity index (χ0) is 20.3. The predicted octanol–water partition coefficient (Wildman–Crippen LogP) is 6.65. The Kier molecular flexibility index (Phi) is 15.6. The summed E-state index contributed by atoms with van der Waals surface area (Å²) in [6.45, 7) is 7.69. The quantitative estimate of drug-likeness (QED) is 0.149. The summed E-state index contributed by atoms with van der Waals surface area (Å²) < 4.78 is 0.957. The first-order chi connectivity index (χ1) is 13.8. The van der Waals surface area contributed by atoms with Crippen LogP contribution >= 0.6 is 0 Å². The van der Waals surface area contributed by atoms with Crippen LogP contribution < -0.4 is 0 Å². The summed E-state index contributed by atoms with van der Waals surface area (Å²) in [6, 6.07) is 0. The molecule has 28 heavy (non-hydrogen) atoms. The number of aliphatic hydroxyl groups is 1. The van der Waals surface area contributed by atoms with Crippen LogP contribution in [0, 0.1) is 0 Å². The van der Waals surface area contributed by atoms with Crippen molar-refractivity contribution in [2.75, 3.05) is 26.2 Å². The van der Waals surface area contributed by atoms with Gasteiger partial charge in [-0.05, 0) is 32.6 Å². The van der Waals surface area contributed by atoms with E-state index in [4.69, 9.17) is 4.99 Å². The van der Waals surface area contributed by atoms with E-state index in [9.17, 15) is 5.11 Å². The van der Waals surface area contributed by atoms with Crippen molar-refractivity contribution in [3.05, 3.63) is 12.2 Å². The number of unbranched alkanes of at least 4 members (excludes halogenated alkanes) is 12. The minimum absolute atomic E-state index is 0.270. The molecule has 0 radical (unpaired) electrons. The van der Waals surface area contributed by atoms with Crippen LogP contribution in [0.5, 0.6) is 0 Å². The Hall–Kier alpha value is -0.670. The van der Waals surface area contributed by atoms with Crippen LogP contribution in [-0.4, -0.2) is 48.2 Å². The Labute approximate surface area is 175 Å². The average molecular weight is 394 g/mol. The summed E-state index contributed by atoms with van der Waals surface area (Å²) in [5, 5.41) is 9.37. The fourth-order valence-corrected chi connectivity index (χ4v) is 4.46. The zero-order valence-corrected chi connectivity index (χ0v) is 19.1. The monoisotopic (exact) mass is 393 g/mol. The molecule has 0 saturated carbocycles. The van der Waals surface area contributed by atoms with Gasteiger partial charge in [0, 0.05) is 6.42 Å². The van der Waals surface area contributed by atoms with Gasteiger partial charge in [-0.15, -0.1) is 0 Å². The molecule has 0 aliphatic carbocycles. The standard InChI is InChI=1S/C25H49N2O/c1-3-5-6-7-8-9-10-11-12-13-14-15-16-17-18-19-20-25-26-21-22-27(25,4-2)23-24-28/h16-17,21,25,28H,3-15,18-20,22-24H2,1-2H3/q+1/b17-16+. The molecule has 2 atom stereocenters. The summed E-state index contributed by atoms with van der Waals surface area (Å²) in [7, 11) is 0. The van der Waals surface area contributed by atoms with Crippen molar-refractivity contribution in [1.29, 1.82) is 0 Å². The first kappa shape index (κ1) is 25.4. The molecule has 1 aliphatic heterocycles. The molecule has 1 rings (SSSR count). The van der Waals surface area contributed by atoms with Gasteiger partial charge < -0.3 is 5.11 Å². The van der Waals surface area contributed by atoms with Crippen LogP contribution in [0.15, 0.2) is 17.1 Å². The maximum absolute atomic E-state index is 9.37. The normalized spacial score (nSPS) is 21.9. The molecule has 0 fully saturated rings. The Morgan fingerprint density at radius 1 is 0.857 bits per heavy atom. The van der Waals surface area contributed by atoms with E-state index in [2.05, 4.69) is 32.2 Å². The van der Waals surface area contributed by atoms with E-state index in [1.54, 1.807) is 0 Å².